The molecule has 2 unspecified atom stereocenters. The second-order valence-electron chi connectivity index (χ2n) is 6.73. The summed E-state index contributed by atoms with van der Waals surface area (Å²) in [7, 11) is 2.03. The number of hydrogen-bond acceptors (Lipinski definition) is 3. The Hall–Kier alpha value is -2.00. The maximum absolute atomic E-state index is 12.7. The highest BCUT2D eigenvalue weighted by Crippen LogP contribution is 2.45. The molecule has 2 atom stereocenters. The van der Waals surface area contributed by atoms with Crippen molar-refractivity contribution in [3.8, 4) is 0 Å². The van der Waals surface area contributed by atoms with E-state index in [-0.39, 0.29) is 17.8 Å². The summed E-state index contributed by atoms with van der Waals surface area (Å²) >= 11 is 6.51. The van der Waals surface area contributed by atoms with Gasteiger partial charge in [0.05, 0.1) is 12.5 Å². The molecule has 25 heavy (non-hydrogen) atoms. The summed E-state index contributed by atoms with van der Waals surface area (Å²) in [6.45, 7) is 7.06. The molecule has 4 heteroatoms. The number of hydrogen-bond donors (Lipinski definition) is 0. The van der Waals surface area contributed by atoms with Crippen LogP contribution in [-0.4, -0.2) is 26.2 Å². The van der Waals surface area contributed by atoms with Crippen molar-refractivity contribution in [2.75, 3.05) is 25.1 Å². The molecule has 132 valence electrons. The van der Waals surface area contributed by atoms with E-state index in [4.69, 9.17) is 16.3 Å². The minimum absolute atomic E-state index is 0.0988. The van der Waals surface area contributed by atoms with Gasteiger partial charge in [-0.15, -0.1) is 0 Å². The van der Waals surface area contributed by atoms with E-state index < -0.39 is 0 Å². The number of ether oxygens (including phenoxy) is 1. The first kappa shape index (κ1) is 17.8. The minimum Gasteiger partial charge on any atom is -0.466 e. The van der Waals surface area contributed by atoms with E-state index in [2.05, 4.69) is 30.9 Å². The largest absolute Gasteiger partial charge is 0.466 e. The van der Waals surface area contributed by atoms with Crippen LogP contribution in [0.3, 0.4) is 0 Å². The number of aryl methyl sites for hydroxylation is 2. The molecule has 1 aliphatic heterocycles. The van der Waals surface area contributed by atoms with Gasteiger partial charge in [0.15, 0.2) is 0 Å². The number of rotatable bonds is 3. The predicted molar refractivity (Wildman–Crippen MR) is 103 cm³/mol. The Morgan fingerprint density at radius 3 is 2.56 bits per heavy atom. The van der Waals surface area contributed by atoms with Crippen LogP contribution >= 0.6 is 11.6 Å². The summed E-state index contributed by atoms with van der Waals surface area (Å²) in [6, 6.07) is 12.2. The predicted octanol–water partition coefficient (Wildman–Crippen LogP) is 4.72. The fourth-order valence-electron chi connectivity index (χ4n) is 3.69. The molecule has 0 saturated heterocycles. The third-order valence-electron chi connectivity index (χ3n) is 5.09. The molecule has 1 heterocycles. The molecule has 1 aliphatic rings. The summed E-state index contributed by atoms with van der Waals surface area (Å²) in [5, 5.41) is 0.690. The molecule has 0 aromatic heterocycles. The number of halogens is 1. The topological polar surface area (TPSA) is 29.5 Å². The molecule has 0 N–H and O–H groups in total. The first-order valence-corrected chi connectivity index (χ1v) is 9.05. The van der Waals surface area contributed by atoms with Gasteiger partial charge in [-0.3, -0.25) is 4.79 Å². The molecule has 0 bridgehead atoms. The van der Waals surface area contributed by atoms with Crippen LogP contribution in [0.4, 0.5) is 5.69 Å². The average molecular weight is 358 g/mol. The summed E-state index contributed by atoms with van der Waals surface area (Å²) < 4.78 is 5.38. The lowest BCUT2D eigenvalue weighted by atomic mass is 9.76. The van der Waals surface area contributed by atoms with Gasteiger partial charge in [-0.25, -0.2) is 0 Å². The number of carbonyl (C=O) groups is 1. The summed E-state index contributed by atoms with van der Waals surface area (Å²) in [4.78, 5) is 14.9. The van der Waals surface area contributed by atoms with Crippen LogP contribution in [0.2, 0.25) is 5.02 Å². The maximum atomic E-state index is 12.7. The number of fused-ring (bicyclic) bond motifs is 1. The number of esters is 1. The molecular weight excluding hydrogens is 334 g/mol. The van der Waals surface area contributed by atoms with Crippen LogP contribution < -0.4 is 4.90 Å². The number of carbonyl (C=O) groups excluding carboxylic acids is 1. The third kappa shape index (κ3) is 3.25. The van der Waals surface area contributed by atoms with Gasteiger partial charge in [0.1, 0.15) is 0 Å². The van der Waals surface area contributed by atoms with Crippen molar-refractivity contribution in [1.29, 1.82) is 0 Å². The number of nitrogens with zero attached hydrogens (tertiary/aromatic N) is 1. The molecule has 0 radical (unpaired) electrons. The van der Waals surface area contributed by atoms with E-state index in [9.17, 15) is 4.79 Å². The second kappa shape index (κ2) is 7.09. The SMILES string of the molecule is CCOC(=O)C1CN(C)c2cc(C)c(C)cc2C1c1ccccc1Cl. The molecule has 3 rings (SSSR count). The Balaban J connectivity index is 2.20. The fraction of sp³-hybridized carbons (Fsp3) is 0.381. The molecular formula is C21H24ClNO2. The van der Waals surface area contributed by atoms with Gasteiger partial charge in [0.25, 0.3) is 0 Å². The molecule has 0 aliphatic carbocycles. The van der Waals surface area contributed by atoms with Gasteiger partial charge in [-0.2, -0.15) is 0 Å². The van der Waals surface area contributed by atoms with Crippen molar-refractivity contribution in [3.05, 3.63) is 63.7 Å². The molecule has 0 amide bonds. The van der Waals surface area contributed by atoms with Crippen molar-refractivity contribution in [1.82, 2.24) is 0 Å². The Morgan fingerprint density at radius 1 is 1.20 bits per heavy atom. The lowest BCUT2D eigenvalue weighted by Gasteiger charge is -2.39. The number of anilines is 1. The zero-order valence-corrected chi connectivity index (χ0v) is 15.9. The van der Waals surface area contributed by atoms with Crippen LogP contribution in [0.5, 0.6) is 0 Å². The summed E-state index contributed by atoms with van der Waals surface area (Å²) in [5.74, 6) is -0.541. The maximum Gasteiger partial charge on any atom is 0.311 e. The van der Waals surface area contributed by atoms with Gasteiger partial charge in [-0.1, -0.05) is 35.9 Å². The lowest BCUT2D eigenvalue weighted by Crippen LogP contribution is -2.41. The van der Waals surface area contributed by atoms with Crippen molar-refractivity contribution < 1.29 is 9.53 Å². The Labute approximate surface area is 154 Å². The molecule has 2 aromatic rings. The minimum atomic E-state index is -0.278. The van der Waals surface area contributed by atoms with E-state index in [0.29, 0.717) is 18.2 Å². The summed E-state index contributed by atoms with van der Waals surface area (Å²) in [5.41, 5.74) is 5.75. The van der Waals surface area contributed by atoms with E-state index in [1.54, 1.807) is 0 Å². The van der Waals surface area contributed by atoms with Crippen molar-refractivity contribution in [3.63, 3.8) is 0 Å². The first-order valence-electron chi connectivity index (χ1n) is 8.67. The monoisotopic (exact) mass is 357 g/mol. The average Bonchev–Trinajstić information content (AvgIpc) is 2.58. The third-order valence-corrected chi connectivity index (χ3v) is 5.44. The van der Waals surface area contributed by atoms with Gasteiger partial charge >= 0.3 is 5.97 Å². The normalized spacial score (nSPS) is 19.5. The first-order chi connectivity index (χ1) is 11.9. The highest BCUT2D eigenvalue weighted by molar-refractivity contribution is 6.31. The Bertz CT molecular complexity index is 802. The highest BCUT2D eigenvalue weighted by Gasteiger charge is 2.39. The van der Waals surface area contributed by atoms with Crippen LogP contribution in [0.1, 0.15) is 35.1 Å². The highest BCUT2D eigenvalue weighted by atomic mass is 35.5. The molecule has 0 fully saturated rings. The number of benzene rings is 2. The van der Waals surface area contributed by atoms with Crippen LogP contribution in [0.15, 0.2) is 36.4 Å². The zero-order chi connectivity index (χ0) is 18.1. The quantitative estimate of drug-likeness (QED) is 0.744. The molecule has 3 nitrogen and oxygen atoms in total. The van der Waals surface area contributed by atoms with Crippen molar-refractivity contribution in [2.45, 2.75) is 26.7 Å². The second-order valence-corrected chi connectivity index (χ2v) is 7.14. The molecule has 0 spiro atoms. The zero-order valence-electron chi connectivity index (χ0n) is 15.2. The Morgan fingerprint density at radius 2 is 1.88 bits per heavy atom. The Kier molecular flexibility index (Phi) is 5.05. The van der Waals surface area contributed by atoms with E-state index in [1.807, 2.05) is 38.2 Å². The van der Waals surface area contributed by atoms with E-state index >= 15 is 0 Å². The van der Waals surface area contributed by atoms with E-state index in [0.717, 1.165) is 16.8 Å². The summed E-state index contributed by atoms with van der Waals surface area (Å²) in [6.07, 6.45) is 0. The van der Waals surface area contributed by atoms with Crippen LogP contribution in [0, 0.1) is 19.8 Å². The van der Waals surface area contributed by atoms with Crippen LogP contribution in [-0.2, 0) is 9.53 Å². The van der Waals surface area contributed by atoms with Gasteiger partial charge in [-0.05, 0) is 55.2 Å². The molecule has 2 aromatic carbocycles. The van der Waals surface area contributed by atoms with Gasteiger partial charge in [0, 0.05) is 30.2 Å². The lowest BCUT2D eigenvalue weighted by molar-refractivity contribution is -0.148. The van der Waals surface area contributed by atoms with Gasteiger partial charge in [0.2, 0.25) is 0 Å². The smallest absolute Gasteiger partial charge is 0.311 e. The van der Waals surface area contributed by atoms with Crippen LogP contribution in [0.25, 0.3) is 0 Å². The fourth-order valence-corrected chi connectivity index (χ4v) is 3.94. The van der Waals surface area contributed by atoms with E-state index in [1.165, 1.54) is 11.1 Å². The molecule has 0 saturated carbocycles. The van der Waals surface area contributed by atoms with Crippen molar-refractivity contribution in [2.24, 2.45) is 5.92 Å². The van der Waals surface area contributed by atoms with Crippen molar-refractivity contribution >= 4 is 23.3 Å². The standard InChI is InChI=1S/C21H24ClNO2/c1-5-25-21(24)17-12-23(4)19-11-14(3)13(2)10-16(19)20(17)15-8-6-7-9-18(15)22/h6-11,17,20H,5,12H2,1-4H3. The van der Waals surface area contributed by atoms with Gasteiger partial charge < -0.3 is 9.64 Å².